The number of rotatable bonds is 1. The van der Waals surface area contributed by atoms with Gasteiger partial charge in [0.2, 0.25) is 0 Å². The van der Waals surface area contributed by atoms with Crippen LogP contribution in [0, 0.1) is 5.92 Å². The summed E-state index contributed by atoms with van der Waals surface area (Å²) in [5, 5.41) is 8.83. The van der Waals surface area contributed by atoms with Crippen LogP contribution in [0.3, 0.4) is 0 Å². The molecule has 2 unspecified atom stereocenters. The first kappa shape index (κ1) is 8.05. The number of carboxylic acids is 1. The molecule has 0 saturated carbocycles. The van der Waals surface area contributed by atoms with Gasteiger partial charge in [0.25, 0.3) is 0 Å². The number of aliphatic carboxylic acids is 1. The van der Waals surface area contributed by atoms with Gasteiger partial charge in [0.05, 0.1) is 5.92 Å². The molecule has 2 heterocycles. The van der Waals surface area contributed by atoms with Crippen LogP contribution in [-0.2, 0) is 4.79 Å². The minimum atomic E-state index is -0.611. The molecule has 0 aliphatic carbocycles. The van der Waals surface area contributed by atoms with E-state index in [1.807, 2.05) is 0 Å². The van der Waals surface area contributed by atoms with Crippen LogP contribution in [0.5, 0.6) is 0 Å². The summed E-state index contributed by atoms with van der Waals surface area (Å²) < 4.78 is 0. The number of nitrogens with zero attached hydrogens (tertiary/aromatic N) is 1. The molecule has 0 spiro atoms. The Balaban J connectivity index is 1.96. The lowest BCUT2D eigenvalue weighted by molar-refractivity contribution is -0.143. The standard InChI is InChI=1S/C9H15NO2/c11-9(12)7-3-4-8-2-1-5-10(8)6-7/h7-8H,1-6H2,(H,11,12). The number of carboxylic acid groups (broad SMARTS) is 1. The highest BCUT2D eigenvalue weighted by Crippen LogP contribution is 2.29. The number of piperidine rings is 1. The van der Waals surface area contributed by atoms with E-state index in [-0.39, 0.29) is 5.92 Å². The van der Waals surface area contributed by atoms with Gasteiger partial charge in [-0.15, -0.1) is 0 Å². The van der Waals surface area contributed by atoms with Crippen LogP contribution in [0.25, 0.3) is 0 Å². The van der Waals surface area contributed by atoms with Crippen LogP contribution >= 0.6 is 0 Å². The average molecular weight is 169 g/mol. The molecule has 0 aromatic heterocycles. The third-order valence-electron chi connectivity index (χ3n) is 3.15. The molecule has 0 aromatic rings. The van der Waals surface area contributed by atoms with E-state index in [4.69, 9.17) is 5.11 Å². The van der Waals surface area contributed by atoms with Crippen molar-refractivity contribution in [1.82, 2.24) is 4.90 Å². The molecule has 2 atom stereocenters. The molecule has 3 nitrogen and oxygen atoms in total. The maximum absolute atomic E-state index is 10.7. The third-order valence-corrected chi connectivity index (χ3v) is 3.15. The van der Waals surface area contributed by atoms with Crippen molar-refractivity contribution in [2.45, 2.75) is 31.7 Å². The van der Waals surface area contributed by atoms with Gasteiger partial charge in [0.15, 0.2) is 0 Å². The molecule has 0 bridgehead atoms. The summed E-state index contributed by atoms with van der Waals surface area (Å²) in [6.45, 7) is 1.91. The highest BCUT2D eigenvalue weighted by Gasteiger charge is 2.34. The minimum absolute atomic E-state index is 0.0978. The van der Waals surface area contributed by atoms with Crippen LogP contribution in [-0.4, -0.2) is 35.1 Å². The maximum atomic E-state index is 10.7. The Morgan fingerprint density at radius 1 is 1.33 bits per heavy atom. The van der Waals surface area contributed by atoms with Crippen molar-refractivity contribution >= 4 is 5.97 Å². The first-order valence-electron chi connectivity index (χ1n) is 4.74. The molecule has 2 aliphatic heterocycles. The van der Waals surface area contributed by atoms with Crippen LogP contribution in [0.2, 0.25) is 0 Å². The molecular weight excluding hydrogens is 154 g/mol. The zero-order valence-corrected chi connectivity index (χ0v) is 7.20. The van der Waals surface area contributed by atoms with Crippen molar-refractivity contribution in [1.29, 1.82) is 0 Å². The van der Waals surface area contributed by atoms with Gasteiger partial charge in [-0.3, -0.25) is 9.69 Å². The van der Waals surface area contributed by atoms with E-state index in [1.54, 1.807) is 0 Å². The molecule has 3 heteroatoms. The Bertz CT molecular complexity index is 193. The number of fused-ring (bicyclic) bond motifs is 1. The predicted molar refractivity (Wildman–Crippen MR) is 45.0 cm³/mol. The summed E-state index contributed by atoms with van der Waals surface area (Å²) in [4.78, 5) is 13.1. The van der Waals surface area contributed by atoms with Crippen LogP contribution in [0.15, 0.2) is 0 Å². The topological polar surface area (TPSA) is 40.5 Å². The second-order valence-corrected chi connectivity index (χ2v) is 3.90. The predicted octanol–water partition coefficient (Wildman–Crippen LogP) is 0.945. The molecule has 0 radical (unpaired) electrons. The molecule has 0 aromatic carbocycles. The fourth-order valence-electron chi connectivity index (χ4n) is 2.43. The Kier molecular flexibility index (Phi) is 2.05. The summed E-state index contributed by atoms with van der Waals surface area (Å²) in [6, 6.07) is 0.709. The van der Waals surface area contributed by atoms with E-state index in [2.05, 4.69) is 4.90 Å². The lowest BCUT2D eigenvalue weighted by Gasteiger charge is -2.32. The minimum Gasteiger partial charge on any atom is -0.481 e. The van der Waals surface area contributed by atoms with Gasteiger partial charge < -0.3 is 5.11 Å². The van der Waals surface area contributed by atoms with E-state index >= 15 is 0 Å². The van der Waals surface area contributed by atoms with Crippen LogP contribution in [0.4, 0.5) is 0 Å². The molecule has 2 saturated heterocycles. The van der Waals surface area contributed by atoms with Gasteiger partial charge in [0.1, 0.15) is 0 Å². The highest BCUT2D eigenvalue weighted by atomic mass is 16.4. The lowest BCUT2D eigenvalue weighted by atomic mass is 9.93. The summed E-state index contributed by atoms with van der Waals surface area (Å²) in [7, 11) is 0. The fourth-order valence-corrected chi connectivity index (χ4v) is 2.43. The number of hydrogen-bond acceptors (Lipinski definition) is 2. The molecule has 2 rings (SSSR count). The summed E-state index contributed by atoms with van der Waals surface area (Å²) >= 11 is 0. The van der Waals surface area contributed by atoms with Gasteiger partial charge in [0, 0.05) is 12.6 Å². The first-order chi connectivity index (χ1) is 5.77. The van der Waals surface area contributed by atoms with E-state index in [9.17, 15) is 4.79 Å². The van der Waals surface area contributed by atoms with Crippen LogP contribution in [0.1, 0.15) is 25.7 Å². The van der Waals surface area contributed by atoms with Crippen molar-refractivity contribution in [2.75, 3.05) is 13.1 Å². The summed E-state index contributed by atoms with van der Waals surface area (Å²) in [5.41, 5.74) is 0. The van der Waals surface area contributed by atoms with E-state index < -0.39 is 5.97 Å². The zero-order chi connectivity index (χ0) is 8.55. The Morgan fingerprint density at radius 3 is 2.92 bits per heavy atom. The van der Waals surface area contributed by atoms with Crippen molar-refractivity contribution < 1.29 is 9.90 Å². The average Bonchev–Trinajstić information content (AvgIpc) is 2.49. The van der Waals surface area contributed by atoms with Crippen LogP contribution < -0.4 is 0 Å². The summed E-state index contributed by atoms with van der Waals surface area (Å²) in [5.74, 6) is -0.709. The number of carbonyl (C=O) groups is 1. The second-order valence-electron chi connectivity index (χ2n) is 3.90. The second kappa shape index (κ2) is 3.05. The summed E-state index contributed by atoms with van der Waals surface area (Å²) in [6.07, 6.45) is 4.52. The molecule has 68 valence electrons. The van der Waals surface area contributed by atoms with E-state index in [0.29, 0.717) is 6.04 Å². The molecule has 1 N–H and O–H groups in total. The molecule has 2 aliphatic rings. The Morgan fingerprint density at radius 2 is 2.17 bits per heavy atom. The Hall–Kier alpha value is -0.570. The van der Waals surface area contributed by atoms with Gasteiger partial charge in [-0.05, 0) is 32.2 Å². The molecule has 12 heavy (non-hydrogen) atoms. The van der Waals surface area contributed by atoms with Gasteiger partial charge >= 0.3 is 5.97 Å². The fraction of sp³-hybridized carbons (Fsp3) is 0.889. The monoisotopic (exact) mass is 169 g/mol. The number of hydrogen-bond donors (Lipinski definition) is 1. The molecular formula is C9H15NO2. The quantitative estimate of drug-likeness (QED) is 0.635. The Labute approximate surface area is 72.4 Å². The van der Waals surface area contributed by atoms with Gasteiger partial charge in [-0.25, -0.2) is 0 Å². The smallest absolute Gasteiger partial charge is 0.307 e. The van der Waals surface area contributed by atoms with Crippen molar-refractivity contribution in [3.63, 3.8) is 0 Å². The van der Waals surface area contributed by atoms with Crippen molar-refractivity contribution in [3.8, 4) is 0 Å². The zero-order valence-electron chi connectivity index (χ0n) is 7.20. The first-order valence-corrected chi connectivity index (χ1v) is 4.74. The van der Waals surface area contributed by atoms with Gasteiger partial charge in [-0.1, -0.05) is 0 Å². The SMILES string of the molecule is O=C(O)C1CCC2CCCN2C1. The van der Waals surface area contributed by atoms with E-state index in [0.717, 1.165) is 25.9 Å². The maximum Gasteiger partial charge on any atom is 0.307 e. The molecule has 0 amide bonds. The third kappa shape index (κ3) is 1.33. The lowest BCUT2D eigenvalue weighted by Crippen LogP contribution is -2.41. The highest BCUT2D eigenvalue weighted by molar-refractivity contribution is 5.70. The van der Waals surface area contributed by atoms with Crippen molar-refractivity contribution in [3.05, 3.63) is 0 Å². The van der Waals surface area contributed by atoms with E-state index in [1.165, 1.54) is 12.8 Å². The van der Waals surface area contributed by atoms with Gasteiger partial charge in [-0.2, -0.15) is 0 Å². The molecule has 2 fully saturated rings. The largest absolute Gasteiger partial charge is 0.481 e. The van der Waals surface area contributed by atoms with Crippen molar-refractivity contribution in [2.24, 2.45) is 5.92 Å². The normalized spacial score (nSPS) is 36.3.